The fraction of sp³-hybridized carbons (Fsp3) is 0.133. The first-order valence-electron chi connectivity index (χ1n) is 6.26. The summed E-state index contributed by atoms with van der Waals surface area (Å²) < 4.78 is 28.9. The summed E-state index contributed by atoms with van der Waals surface area (Å²) in [5, 5.41) is 0. The Kier molecular flexibility index (Phi) is 3.36. The van der Waals surface area contributed by atoms with Crippen LogP contribution in [0.5, 0.6) is 0 Å². The van der Waals surface area contributed by atoms with E-state index in [9.17, 15) is 8.78 Å². The van der Waals surface area contributed by atoms with E-state index in [-0.39, 0.29) is 0 Å². The minimum absolute atomic E-state index is 0.519. The van der Waals surface area contributed by atoms with E-state index in [1.54, 1.807) is 0 Å². The van der Waals surface area contributed by atoms with Crippen LogP contribution in [0.15, 0.2) is 42.5 Å². The number of aromatic nitrogens is 2. The monoisotopic (exact) mass is 290 g/mol. The van der Waals surface area contributed by atoms with Crippen LogP contribution in [0.25, 0.3) is 11.0 Å². The number of H-pyrrole nitrogens is 1. The molecule has 0 bridgehead atoms. The van der Waals surface area contributed by atoms with Gasteiger partial charge in [-0.15, -0.1) is 0 Å². The number of nitrogens with zero attached hydrogens (tertiary/aromatic N) is 1. The quantitative estimate of drug-likeness (QED) is 0.716. The Hall–Kier alpha value is -2.01. The average Bonchev–Trinajstić information content (AvgIpc) is 2.71. The van der Waals surface area contributed by atoms with Gasteiger partial charge in [0.05, 0.1) is 11.0 Å². The third-order valence-corrected chi connectivity index (χ3v) is 3.55. The van der Waals surface area contributed by atoms with Gasteiger partial charge in [-0.25, -0.2) is 8.78 Å². The number of para-hydroxylation sites is 2. The second-order valence-electron chi connectivity index (χ2n) is 4.63. The number of aryl methyl sites for hydroxylation is 2. The molecule has 0 aliphatic carbocycles. The highest BCUT2D eigenvalue weighted by atomic mass is 32.1. The lowest BCUT2D eigenvalue weighted by Crippen LogP contribution is -2.02. The molecular weight excluding hydrogens is 278 g/mol. The summed E-state index contributed by atoms with van der Waals surface area (Å²) in [7, 11) is 0. The number of halogens is 2. The first-order valence-corrected chi connectivity index (χ1v) is 6.67. The van der Waals surface area contributed by atoms with Crippen molar-refractivity contribution in [3.63, 3.8) is 0 Å². The van der Waals surface area contributed by atoms with Gasteiger partial charge in [0.25, 0.3) is 0 Å². The summed E-state index contributed by atoms with van der Waals surface area (Å²) in [6.45, 7) is 0.575. The smallest absolute Gasteiger partial charge is 0.178 e. The van der Waals surface area contributed by atoms with E-state index >= 15 is 0 Å². The van der Waals surface area contributed by atoms with E-state index in [0.29, 0.717) is 23.3 Å². The van der Waals surface area contributed by atoms with Crippen LogP contribution in [0.3, 0.4) is 0 Å². The minimum atomic E-state index is -0.553. The number of aromatic amines is 1. The molecule has 0 aliphatic rings. The van der Waals surface area contributed by atoms with Crippen molar-refractivity contribution in [3.05, 3.63) is 64.4 Å². The molecule has 0 amide bonds. The molecule has 0 atom stereocenters. The number of fused-ring (bicyclic) bond motifs is 1. The fourth-order valence-corrected chi connectivity index (χ4v) is 2.62. The highest BCUT2D eigenvalue weighted by Crippen LogP contribution is 2.15. The Balaban J connectivity index is 1.90. The molecule has 0 aliphatic heterocycles. The van der Waals surface area contributed by atoms with Crippen molar-refractivity contribution >= 4 is 23.3 Å². The Labute approximate surface area is 119 Å². The van der Waals surface area contributed by atoms with E-state index in [1.165, 1.54) is 12.1 Å². The molecule has 0 radical (unpaired) electrons. The molecule has 2 nitrogen and oxygen atoms in total. The molecule has 3 rings (SSSR count). The Morgan fingerprint density at radius 3 is 2.50 bits per heavy atom. The van der Waals surface area contributed by atoms with Gasteiger partial charge >= 0.3 is 0 Å². The van der Waals surface area contributed by atoms with Crippen LogP contribution in [0, 0.1) is 16.4 Å². The van der Waals surface area contributed by atoms with Gasteiger partial charge in [-0.2, -0.15) is 0 Å². The predicted molar refractivity (Wildman–Crippen MR) is 77.2 cm³/mol. The van der Waals surface area contributed by atoms with E-state index in [4.69, 9.17) is 12.2 Å². The molecule has 0 fully saturated rings. The molecule has 0 saturated heterocycles. The maximum atomic E-state index is 13.2. The second kappa shape index (κ2) is 5.17. The highest BCUT2D eigenvalue weighted by Gasteiger charge is 2.05. The molecular formula is C15H12F2N2S. The molecule has 102 valence electrons. The lowest BCUT2D eigenvalue weighted by Gasteiger charge is -2.05. The van der Waals surface area contributed by atoms with Crippen LogP contribution >= 0.6 is 12.2 Å². The summed E-state index contributed by atoms with van der Waals surface area (Å²) in [6.07, 6.45) is 0.519. The van der Waals surface area contributed by atoms with Crippen molar-refractivity contribution in [1.29, 1.82) is 0 Å². The molecule has 3 aromatic rings. The van der Waals surface area contributed by atoms with Gasteiger partial charge in [-0.3, -0.25) is 0 Å². The van der Waals surface area contributed by atoms with Crippen molar-refractivity contribution < 1.29 is 8.78 Å². The molecule has 1 heterocycles. The largest absolute Gasteiger partial charge is 0.331 e. The van der Waals surface area contributed by atoms with Gasteiger partial charge in [0.2, 0.25) is 0 Å². The Bertz CT molecular complexity index is 800. The third kappa shape index (κ3) is 2.49. The zero-order chi connectivity index (χ0) is 14.1. The summed E-state index contributed by atoms with van der Waals surface area (Å²) in [5.74, 6) is -1.11. The van der Waals surface area contributed by atoms with Gasteiger partial charge in [0.15, 0.2) is 4.77 Å². The molecule has 0 unspecified atom stereocenters. The van der Waals surface area contributed by atoms with Gasteiger partial charge in [0, 0.05) is 12.6 Å². The predicted octanol–water partition coefficient (Wildman–Crippen LogP) is 4.22. The number of nitrogens with one attached hydrogen (secondary N) is 1. The average molecular weight is 290 g/mol. The third-order valence-electron chi connectivity index (χ3n) is 3.23. The number of imidazole rings is 1. The topological polar surface area (TPSA) is 20.7 Å². The zero-order valence-corrected chi connectivity index (χ0v) is 11.4. The van der Waals surface area contributed by atoms with Crippen LogP contribution in [-0.4, -0.2) is 9.55 Å². The van der Waals surface area contributed by atoms with Crippen LogP contribution < -0.4 is 0 Å². The van der Waals surface area contributed by atoms with Crippen LogP contribution in [0.1, 0.15) is 5.56 Å². The number of hydrogen-bond acceptors (Lipinski definition) is 1. The highest BCUT2D eigenvalue weighted by molar-refractivity contribution is 7.71. The number of rotatable bonds is 3. The van der Waals surface area contributed by atoms with Gasteiger partial charge in [-0.1, -0.05) is 12.1 Å². The normalized spacial score (nSPS) is 11.1. The standard InChI is InChI=1S/C15H12F2N2S/c16-11-7-10(8-12(17)9-11)5-6-19-14-4-2-1-3-13(14)18-15(19)20/h1-4,7-9H,5-6H2,(H,18,20). The van der Waals surface area contributed by atoms with Crippen molar-refractivity contribution in [3.8, 4) is 0 Å². The molecule has 2 aromatic carbocycles. The lowest BCUT2D eigenvalue weighted by atomic mass is 10.1. The van der Waals surface area contributed by atoms with Crippen LogP contribution in [-0.2, 0) is 13.0 Å². The Morgan fingerprint density at radius 1 is 1.05 bits per heavy atom. The maximum Gasteiger partial charge on any atom is 0.178 e. The molecule has 1 aromatic heterocycles. The molecule has 1 N–H and O–H groups in total. The summed E-state index contributed by atoms with van der Waals surface area (Å²) in [6, 6.07) is 11.4. The summed E-state index contributed by atoms with van der Waals surface area (Å²) >= 11 is 5.28. The van der Waals surface area contributed by atoms with Crippen LogP contribution in [0.2, 0.25) is 0 Å². The zero-order valence-electron chi connectivity index (χ0n) is 10.6. The molecule has 0 spiro atoms. The number of benzene rings is 2. The van der Waals surface area contributed by atoms with Crippen molar-refractivity contribution in [2.75, 3.05) is 0 Å². The van der Waals surface area contributed by atoms with Gasteiger partial charge in [-0.05, 0) is 48.5 Å². The first-order chi connectivity index (χ1) is 9.63. The Morgan fingerprint density at radius 2 is 1.75 bits per heavy atom. The molecule has 0 saturated carbocycles. The van der Waals surface area contributed by atoms with Gasteiger partial charge < -0.3 is 9.55 Å². The molecule has 5 heteroatoms. The SMILES string of the molecule is Fc1cc(F)cc(CCn2c(=S)[nH]c3ccccc32)c1. The summed E-state index contributed by atoms with van der Waals surface area (Å²) in [4.78, 5) is 3.12. The summed E-state index contributed by atoms with van der Waals surface area (Å²) in [5.41, 5.74) is 2.58. The maximum absolute atomic E-state index is 13.2. The van der Waals surface area contributed by atoms with Crippen LogP contribution in [0.4, 0.5) is 8.78 Å². The van der Waals surface area contributed by atoms with Crippen molar-refractivity contribution in [2.45, 2.75) is 13.0 Å². The van der Waals surface area contributed by atoms with Crippen molar-refractivity contribution in [1.82, 2.24) is 9.55 Å². The molecule has 20 heavy (non-hydrogen) atoms. The number of hydrogen-bond donors (Lipinski definition) is 1. The van der Waals surface area contributed by atoms with Gasteiger partial charge in [0.1, 0.15) is 11.6 Å². The van der Waals surface area contributed by atoms with E-state index in [1.807, 2.05) is 28.8 Å². The van der Waals surface area contributed by atoms with E-state index in [2.05, 4.69) is 4.98 Å². The second-order valence-corrected chi connectivity index (χ2v) is 5.01. The van der Waals surface area contributed by atoms with E-state index < -0.39 is 11.6 Å². The first kappa shape index (κ1) is 13.0. The fourth-order valence-electron chi connectivity index (χ4n) is 2.32. The lowest BCUT2D eigenvalue weighted by molar-refractivity contribution is 0.577. The van der Waals surface area contributed by atoms with Crippen molar-refractivity contribution in [2.24, 2.45) is 0 Å². The van der Waals surface area contributed by atoms with E-state index in [0.717, 1.165) is 17.1 Å². The minimum Gasteiger partial charge on any atom is -0.331 e.